The monoisotopic (exact) mass is 259 g/mol. The van der Waals surface area contributed by atoms with Crippen LogP contribution in [0.4, 0.5) is 11.4 Å². The Labute approximate surface area is 114 Å². The summed E-state index contributed by atoms with van der Waals surface area (Å²) in [4.78, 5) is 13.8. The van der Waals surface area contributed by atoms with Gasteiger partial charge in [0.05, 0.1) is 11.4 Å². The molecule has 1 unspecified atom stereocenters. The Morgan fingerprint density at radius 3 is 2.95 bits per heavy atom. The van der Waals surface area contributed by atoms with E-state index in [1.807, 2.05) is 23.1 Å². The first-order valence-electron chi connectivity index (χ1n) is 7.21. The van der Waals surface area contributed by atoms with Gasteiger partial charge in [0.1, 0.15) is 0 Å². The van der Waals surface area contributed by atoms with E-state index in [9.17, 15) is 4.79 Å². The van der Waals surface area contributed by atoms with Crippen LogP contribution in [0.5, 0.6) is 0 Å². The maximum Gasteiger partial charge on any atom is 0.227 e. The van der Waals surface area contributed by atoms with Gasteiger partial charge in [0.25, 0.3) is 0 Å². The number of para-hydroxylation sites is 2. The van der Waals surface area contributed by atoms with Gasteiger partial charge in [0, 0.05) is 25.6 Å². The molecule has 0 saturated carbocycles. The number of amides is 1. The molecule has 1 aromatic rings. The molecule has 0 radical (unpaired) electrons. The van der Waals surface area contributed by atoms with Crippen molar-refractivity contribution in [3.8, 4) is 0 Å². The summed E-state index contributed by atoms with van der Waals surface area (Å²) in [6.07, 6.45) is 4.15. The third-order valence-corrected chi connectivity index (χ3v) is 3.97. The summed E-state index contributed by atoms with van der Waals surface area (Å²) in [5.41, 5.74) is 2.11. The molecule has 1 aromatic carbocycles. The van der Waals surface area contributed by atoms with E-state index in [1.165, 1.54) is 12.8 Å². The lowest BCUT2D eigenvalue weighted by molar-refractivity contribution is -0.117. The van der Waals surface area contributed by atoms with Crippen molar-refractivity contribution < 1.29 is 4.79 Å². The Hall–Kier alpha value is -1.55. The summed E-state index contributed by atoms with van der Waals surface area (Å²) in [6.45, 7) is 2.90. The SMILES string of the molecule is O=C1CCCN1c1ccccc1NCC1CCCN1. The van der Waals surface area contributed by atoms with E-state index in [1.54, 1.807) is 0 Å². The van der Waals surface area contributed by atoms with Crippen molar-refractivity contribution in [3.05, 3.63) is 24.3 Å². The van der Waals surface area contributed by atoms with E-state index in [-0.39, 0.29) is 5.91 Å². The Morgan fingerprint density at radius 1 is 1.32 bits per heavy atom. The molecule has 1 atom stereocenters. The van der Waals surface area contributed by atoms with Crippen LogP contribution in [-0.2, 0) is 4.79 Å². The number of hydrogen-bond donors (Lipinski definition) is 2. The van der Waals surface area contributed by atoms with Crippen molar-refractivity contribution in [2.75, 3.05) is 29.9 Å². The van der Waals surface area contributed by atoms with Crippen LogP contribution in [0.25, 0.3) is 0 Å². The zero-order valence-electron chi connectivity index (χ0n) is 11.2. The van der Waals surface area contributed by atoms with Crippen molar-refractivity contribution in [1.82, 2.24) is 5.32 Å². The average Bonchev–Trinajstić information content (AvgIpc) is 3.08. The summed E-state index contributed by atoms with van der Waals surface area (Å²) in [5.74, 6) is 0.244. The number of carbonyl (C=O) groups excluding carboxylic acids is 1. The van der Waals surface area contributed by atoms with Crippen LogP contribution in [0.1, 0.15) is 25.7 Å². The lowest BCUT2D eigenvalue weighted by Gasteiger charge is -2.21. The molecule has 2 aliphatic rings. The Morgan fingerprint density at radius 2 is 2.21 bits per heavy atom. The van der Waals surface area contributed by atoms with E-state index in [0.717, 1.165) is 37.4 Å². The molecule has 4 heteroatoms. The van der Waals surface area contributed by atoms with E-state index >= 15 is 0 Å². The van der Waals surface area contributed by atoms with Crippen molar-refractivity contribution >= 4 is 17.3 Å². The molecular formula is C15H21N3O. The fraction of sp³-hybridized carbons (Fsp3) is 0.533. The van der Waals surface area contributed by atoms with Gasteiger partial charge in [0.2, 0.25) is 5.91 Å². The summed E-state index contributed by atoms with van der Waals surface area (Å²) in [6, 6.07) is 8.68. The molecule has 0 aromatic heterocycles. The van der Waals surface area contributed by atoms with Gasteiger partial charge in [-0.3, -0.25) is 4.79 Å². The highest BCUT2D eigenvalue weighted by Gasteiger charge is 2.24. The van der Waals surface area contributed by atoms with E-state index in [0.29, 0.717) is 12.5 Å². The van der Waals surface area contributed by atoms with Crippen LogP contribution in [0.2, 0.25) is 0 Å². The van der Waals surface area contributed by atoms with Gasteiger partial charge in [-0.25, -0.2) is 0 Å². The third kappa shape index (κ3) is 2.73. The second-order valence-corrected chi connectivity index (χ2v) is 5.34. The van der Waals surface area contributed by atoms with Crippen LogP contribution in [0, 0.1) is 0 Å². The molecule has 0 aliphatic carbocycles. The first-order chi connectivity index (χ1) is 9.34. The van der Waals surface area contributed by atoms with Gasteiger partial charge in [-0.1, -0.05) is 12.1 Å². The first kappa shape index (κ1) is 12.5. The van der Waals surface area contributed by atoms with Crippen molar-refractivity contribution in [2.45, 2.75) is 31.7 Å². The highest BCUT2D eigenvalue weighted by Crippen LogP contribution is 2.29. The van der Waals surface area contributed by atoms with Gasteiger partial charge < -0.3 is 15.5 Å². The fourth-order valence-corrected chi connectivity index (χ4v) is 2.93. The second-order valence-electron chi connectivity index (χ2n) is 5.34. The van der Waals surface area contributed by atoms with Crippen LogP contribution >= 0.6 is 0 Å². The van der Waals surface area contributed by atoms with Gasteiger partial charge in [0.15, 0.2) is 0 Å². The van der Waals surface area contributed by atoms with Crippen LogP contribution < -0.4 is 15.5 Å². The second kappa shape index (κ2) is 5.61. The topological polar surface area (TPSA) is 44.4 Å². The maximum atomic E-state index is 11.9. The molecule has 4 nitrogen and oxygen atoms in total. The van der Waals surface area contributed by atoms with Gasteiger partial charge in [-0.05, 0) is 37.9 Å². The largest absolute Gasteiger partial charge is 0.382 e. The van der Waals surface area contributed by atoms with E-state index < -0.39 is 0 Å². The van der Waals surface area contributed by atoms with E-state index in [4.69, 9.17) is 0 Å². The predicted molar refractivity (Wildman–Crippen MR) is 77.5 cm³/mol. The number of nitrogens with zero attached hydrogens (tertiary/aromatic N) is 1. The Kier molecular flexibility index (Phi) is 3.69. The number of anilines is 2. The molecule has 19 heavy (non-hydrogen) atoms. The smallest absolute Gasteiger partial charge is 0.227 e. The maximum absolute atomic E-state index is 11.9. The third-order valence-electron chi connectivity index (χ3n) is 3.97. The highest BCUT2D eigenvalue weighted by molar-refractivity contribution is 5.98. The average molecular weight is 259 g/mol. The van der Waals surface area contributed by atoms with E-state index in [2.05, 4.69) is 16.7 Å². The van der Waals surface area contributed by atoms with Gasteiger partial charge in [-0.2, -0.15) is 0 Å². The quantitative estimate of drug-likeness (QED) is 0.869. The summed E-state index contributed by atoms with van der Waals surface area (Å²) in [5, 5.41) is 6.98. The standard InChI is InChI=1S/C15H21N3O/c19-15-8-4-10-18(15)14-7-2-1-6-13(14)17-11-12-5-3-9-16-12/h1-2,6-7,12,16-17H,3-5,8-11H2. The fourth-order valence-electron chi connectivity index (χ4n) is 2.93. The highest BCUT2D eigenvalue weighted by atomic mass is 16.2. The number of hydrogen-bond acceptors (Lipinski definition) is 3. The van der Waals surface area contributed by atoms with Crippen LogP contribution in [0.3, 0.4) is 0 Å². The molecule has 2 N–H and O–H groups in total. The zero-order chi connectivity index (χ0) is 13.1. The molecule has 3 rings (SSSR count). The van der Waals surface area contributed by atoms with Crippen LogP contribution in [0.15, 0.2) is 24.3 Å². The summed E-state index contributed by atoms with van der Waals surface area (Å²) < 4.78 is 0. The Balaban J connectivity index is 1.71. The normalized spacial score (nSPS) is 23.1. The molecule has 102 valence electrons. The molecular weight excluding hydrogens is 238 g/mol. The minimum Gasteiger partial charge on any atom is -0.382 e. The minimum absolute atomic E-state index is 0.244. The molecule has 2 saturated heterocycles. The number of benzene rings is 1. The van der Waals surface area contributed by atoms with Crippen molar-refractivity contribution in [3.63, 3.8) is 0 Å². The lowest BCUT2D eigenvalue weighted by atomic mass is 10.2. The lowest BCUT2D eigenvalue weighted by Crippen LogP contribution is -2.30. The van der Waals surface area contributed by atoms with Gasteiger partial charge >= 0.3 is 0 Å². The van der Waals surface area contributed by atoms with Crippen molar-refractivity contribution in [1.29, 1.82) is 0 Å². The summed E-state index contributed by atoms with van der Waals surface area (Å²) >= 11 is 0. The molecule has 0 bridgehead atoms. The van der Waals surface area contributed by atoms with Crippen molar-refractivity contribution in [2.24, 2.45) is 0 Å². The Bertz CT molecular complexity index is 454. The number of carbonyl (C=O) groups is 1. The molecule has 2 fully saturated rings. The molecule has 1 amide bonds. The van der Waals surface area contributed by atoms with Gasteiger partial charge in [-0.15, -0.1) is 0 Å². The number of rotatable bonds is 4. The molecule has 0 spiro atoms. The summed E-state index contributed by atoms with van der Waals surface area (Å²) in [7, 11) is 0. The molecule has 2 heterocycles. The zero-order valence-corrected chi connectivity index (χ0v) is 11.2. The number of nitrogens with one attached hydrogen (secondary N) is 2. The predicted octanol–water partition coefficient (Wildman–Crippen LogP) is 1.98. The van der Waals surface area contributed by atoms with Crippen LogP contribution in [-0.4, -0.2) is 31.6 Å². The minimum atomic E-state index is 0.244. The first-order valence-corrected chi connectivity index (χ1v) is 7.21. The molecule has 2 aliphatic heterocycles.